The molecule has 0 aliphatic carbocycles. The number of methoxy groups -OCH3 is 2. The van der Waals surface area contributed by atoms with E-state index in [0.717, 1.165) is 56.1 Å². The minimum absolute atomic E-state index is 0.200. The van der Waals surface area contributed by atoms with Crippen LogP contribution in [0, 0.1) is 0 Å². The first kappa shape index (κ1) is 19.2. The van der Waals surface area contributed by atoms with Crippen molar-refractivity contribution in [2.45, 2.75) is 37.6 Å². The van der Waals surface area contributed by atoms with Gasteiger partial charge < -0.3 is 14.6 Å². The molecule has 2 aliphatic heterocycles. The van der Waals surface area contributed by atoms with Crippen LogP contribution in [-0.2, 0) is 13.0 Å². The van der Waals surface area contributed by atoms with Crippen molar-refractivity contribution in [2.75, 3.05) is 33.9 Å². The first-order valence-electron chi connectivity index (χ1n) is 10.1. The molecule has 0 saturated carbocycles. The van der Waals surface area contributed by atoms with E-state index in [1.807, 2.05) is 12.1 Å². The fourth-order valence-corrected chi connectivity index (χ4v) is 4.67. The number of rotatable bonds is 6. The predicted molar refractivity (Wildman–Crippen MR) is 110 cm³/mol. The maximum Gasteiger partial charge on any atom is 0.123 e. The maximum absolute atomic E-state index is 10.2. The molecule has 2 saturated heterocycles. The van der Waals surface area contributed by atoms with Gasteiger partial charge in [-0.25, -0.2) is 0 Å². The highest BCUT2D eigenvalue weighted by atomic mass is 16.5. The Morgan fingerprint density at radius 1 is 1.00 bits per heavy atom. The number of piperazine rings is 1. The Bertz CT molecular complexity index is 783. The second-order valence-electron chi connectivity index (χ2n) is 7.95. The molecule has 5 nitrogen and oxygen atoms in total. The highest BCUT2D eigenvalue weighted by Crippen LogP contribution is 2.31. The van der Waals surface area contributed by atoms with Crippen LogP contribution in [0.2, 0.25) is 0 Å². The number of hydrogen-bond donors (Lipinski definition) is 1. The van der Waals surface area contributed by atoms with Crippen LogP contribution >= 0.6 is 0 Å². The summed E-state index contributed by atoms with van der Waals surface area (Å²) in [6.45, 7) is 3.57. The van der Waals surface area contributed by atoms with E-state index in [1.165, 1.54) is 5.56 Å². The van der Waals surface area contributed by atoms with Crippen molar-refractivity contribution in [1.82, 2.24) is 9.80 Å². The van der Waals surface area contributed by atoms with Crippen LogP contribution in [-0.4, -0.2) is 66.9 Å². The Morgan fingerprint density at radius 2 is 1.82 bits per heavy atom. The quantitative estimate of drug-likeness (QED) is 0.832. The Hall–Kier alpha value is -2.08. The topological polar surface area (TPSA) is 45.2 Å². The standard InChI is InChI=1S/C23H30N2O3/c1-27-22-8-9-23(28-2)18(11-22)13-24-15-20-12-21(26)16-25(20)14-19(24)10-17-6-4-3-5-7-17/h3-9,11,19-21,26H,10,12-16H2,1-2H3/t19-,20-,21+/m0/s1. The molecular formula is C23H30N2O3. The van der Waals surface area contributed by atoms with Crippen LogP contribution in [0.15, 0.2) is 48.5 Å². The maximum atomic E-state index is 10.2. The van der Waals surface area contributed by atoms with Crippen molar-refractivity contribution in [1.29, 1.82) is 0 Å². The smallest absolute Gasteiger partial charge is 0.123 e. The van der Waals surface area contributed by atoms with Gasteiger partial charge in [0.1, 0.15) is 11.5 Å². The molecule has 2 aliphatic rings. The van der Waals surface area contributed by atoms with Crippen molar-refractivity contribution in [2.24, 2.45) is 0 Å². The Labute approximate surface area is 167 Å². The van der Waals surface area contributed by atoms with E-state index in [1.54, 1.807) is 14.2 Å². The van der Waals surface area contributed by atoms with Crippen LogP contribution in [0.25, 0.3) is 0 Å². The van der Waals surface area contributed by atoms with E-state index in [9.17, 15) is 5.11 Å². The van der Waals surface area contributed by atoms with Crippen LogP contribution in [0.5, 0.6) is 11.5 Å². The average molecular weight is 383 g/mol. The van der Waals surface area contributed by atoms with Crippen molar-refractivity contribution >= 4 is 0 Å². The number of fused-ring (bicyclic) bond motifs is 1. The summed E-state index contributed by atoms with van der Waals surface area (Å²) in [4.78, 5) is 5.03. The van der Waals surface area contributed by atoms with Gasteiger partial charge in [-0.1, -0.05) is 30.3 Å². The number of ether oxygens (including phenoxy) is 2. The highest BCUT2D eigenvalue weighted by molar-refractivity contribution is 5.40. The lowest BCUT2D eigenvalue weighted by atomic mass is 9.98. The molecule has 0 amide bonds. The van der Waals surface area contributed by atoms with Crippen LogP contribution in [0.1, 0.15) is 17.5 Å². The van der Waals surface area contributed by atoms with Gasteiger partial charge in [0.2, 0.25) is 0 Å². The van der Waals surface area contributed by atoms with Gasteiger partial charge in [0.05, 0.1) is 20.3 Å². The van der Waals surface area contributed by atoms with E-state index in [0.29, 0.717) is 12.1 Å². The molecule has 0 aromatic heterocycles. The van der Waals surface area contributed by atoms with Crippen molar-refractivity contribution in [3.8, 4) is 11.5 Å². The van der Waals surface area contributed by atoms with E-state index in [4.69, 9.17) is 9.47 Å². The lowest BCUT2D eigenvalue weighted by molar-refractivity contribution is 0.0440. The number of hydrogen-bond acceptors (Lipinski definition) is 5. The second-order valence-corrected chi connectivity index (χ2v) is 7.95. The summed E-state index contributed by atoms with van der Waals surface area (Å²) in [6.07, 6.45) is 1.67. The van der Waals surface area contributed by atoms with E-state index in [-0.39, 0.29) is 6.10 Å². The molecule has 150 valence electrons. The van der Waals surface area contributed by atoms with Gasteiger partial charge in [-0.2, -0.15) is 0 Å². The summed E-state index contributed by atoms with van der Waals surface area (Å²) < 4.78 is 11.0. The Balaban J connectivity index is 1.58. The molecule has 4 rings (SSSR count). The molecule has 2 aromatic rings. The highest BCUT2D eigenvalue weighted by Gasteiger charge is 2.39. The normalized spacial score (nSPS) is 25.5. The van der Waals surface area contributed by atoms with E-state index in [2.05, 4.69) is 46.2 Å². The average Bonchev–Trinajstić information content (AvgIpc) is 3.07. The SMILES string of the molecule is COc1ccc(OC)c(CN2C[C@@H]3C[C@@H](O)CN3C[C@@H]2Cc2ccccc2)c1. The summed E-state index contributed by atoms with van der Waals surface area (Å²) in [7, 11) is 3.42. The van der Waals surface area contributed by atoms with Crippen molar-refractivity contribution in [3.05, 3.63) is 59.7 Å². The molecule has 2 fully saturated rings. The van der Waals surface area contributed by atoms with Crippen molar-refractivity contribution in [3.63, 3.8) is 0 Å². The molecule has 0 radical (unpaired) electrons. The molecule has 0 bridgehead atoms. The first-order chi connectivity index (χ1) is 13.7. The monoisotopic (exact) mass is 382 g/mol. The predicted octanol–water partition coefficient (Wildman–Crippen LogP) is 2.57. The van der Waals surface area contributed by atoms with Crippen LogP contribution in [0.3, 0.4) is 0 Å². The lowest BCUT2D eigenvalue weighted by Gasteiger charge is -2.44. The fraction of sp³-hybridized carbons (Fsp3) is 0.478. The summed E-state index contributed by atoms with van der Waals surface area (Å²) >= 11 is 0. The van der Waals surface area contributed by atoms with Gasteiger partial charge in [-0.3, -0.25) is 9.80 Å². The molecule has 28 heavy (non-hydrogen) atoms. The van der Waals surface area contributed by atoms with Gasteiger partial charge in [0.25, 0.3) is 0 Å². The lowest BCUT2D eigenvalue weighted by Crippen LogP contribution is -2.56. The Kier molecular flexibility index (Phi) is 5.85. The minimum atomic E-state index is -0.200. The Morgan fingerprint density at radius 3 is 2.57 bits per heavy atom. The molecule has 2 heterocycles. The van der Waals surface area contributed by atoms with Crippen LogP contribution < -0.4 is 9.47 Å². The molecule has 0 spiro atoms. The molecule has 3 atom stereocenters. The molecule has 0 unspecified atom stereocenters. The van der Waals surface area contributed by atoms with E-state index < -0.39 is 0 Å². The summed E-state index contributed by atoms with van der Waals surface area (Å²) in [5, 5.41) is 10.2. The number of benzene rings is 2. The molecule has 1 N–H and O–H groups in total. The van der Waals surface area contributed by atoms with Crippen molar-refractivity contribution < 1.29 is 14.6 Å². The summed E-state index contributed by atoms with van der Waals surface area (Å²) in [5.74, 6) is 1.75. The third-order valence-electron chi connectivity index (χ3n) is 6.09. The van der Waals surface area contributed by atoms with Gasteiger partial charge in [0.15, 0.2) is 0 Å². The minimum Gasteiger partial charge on any atom is -0.497 e. The zero-order valence-electron chi connectivity index (χ0n) is 16.8. The van der Waals surface area contributed by atoms with Gasteiger partial charge in [-0.05, 0) is 36.6 Å². The molecule has 2 aromatic carbocycles. The zero-order valence-corrected chi connectivity index (χ0v) is 16.8. The fourth-order valence-electron chi connectivity index (χ4n) is 4.67. The van der Waals surface area contributed by atoms with Gasteiger partial charge in [-0.15, -0.1) is 0 Å². The third kappa shape index (κ3) is 4.17. The first-order valence-corrected chi connectivity index (χ1v) is 10.1. The molecule has 5 heteroatoms. The summed E-state index contributed by atoms with van der Waals surface area (Å²) in [5.41, 5.74) is 2.50. The zero-order chi connectivity index (χ0) is 19.5. The number of nitrogens with zero attached hydrogens (tertiary/aromatic N) is 2. The number of aliphatic hydroxyl groups excluding tert-OH is 1. The largest absolute Gasteiger partial charge is 0.497 e. The number of aliphatic hydroxyl groups is 1. The second kappa shape index (κ2) is 8.52. The van der Waals surface area contributed by atoms with Gasteiger partial charge in [0, 0.05) is 43.8 Å². The van der Waals surface area contributed by atoms with Gasteiger partial charge >= 0.3 is 0 Å². The summed E-state index contributed by atoms with van der Waals surface area (Å²) in [6, 6.07) is 17.5. The third-order valence-corrected chi connectivity index (χ3v) is 6.09. The van der Waals surface area contributed by atoms with E-state index >= 15 is 0 Å². The molecular weight excluding hydrogens is 352 g/mol. The van der Waals surface area contributed by atoms with Crippen LogP contribution in [0.4, 0.5) is 0 Å².